The lowest BCUT2D eigenvalue weighted by Crippen LogP contribution is -2.16. The summed E-state index contributed by atoms with van der Waals surface area (Å²) < 4.78 is 40.0. The van der Waals surface area contributed by atoms with Gasteiger partial charge in [-0.15, -0.1) is 0 Å². The lowest BCUT2D eigenvalue weighted by Gasteiger charge is -2.01. The van der Waals surface area contributed by atoms with Crippen molar-refractivity contribution in [2.75, 3.05) is 0 Å². The molecule has 0 aromatic carbocycles. The van der Waals surface area contributed by atoms with Crippen LogP contribution in [0.15, 0.2) is 12.4 Å². The molecule has 0 aliphatic rings. The van der Waals surface area contributed by atoms with Crippen molar-refractivity contribution in [2.24, 2.45) is 0 Å². The van der Waals surface area contributed by atoms with Gasteiger partial charge in [-0.3, -0.25) is 4.55 Å². The summed E-state index contributed by atoms with van der Waals surface area (Å²) in [5.74, 6) is -1.06. The second-order valence-corrected chi connectivity index (χ2v) is 3.34. The Bertz CT molecular complexity index is 206. The van der Waals surface area contributed by atoms with Crippen LogP contribution in [0.3, 0.4) is 0 Å². The van der Waals surface area contributed by atoms with Crippen LogP contribution >= 0.6 is 0 Å². The third-order valence-corrected chi connectivity index (χ3v) is 2.04. The summed E-state index contributed by atoms with van der Waals surface area (Å²) in [6.07, 6.45) is 0. The van der Waals surface area contributed by atoms with Crippen molar-refractivity contribution in [3.8, 4) is 0 Å². The van der Waals surface area contributed by atoms with E-state index in [1.54, 1.807) is 0 Å². The Morgan fingerprint density at radius 1 is 1.78 bits per heavy atom. The lowest BCUT2D eigenvalue weighted by molar-refractivity contribution is 0.464. The van der Waals surface area contributed by atoms with Crippen LogP contribution in [0.4, 0.5) is 4.39 Å². The molecule has 0 aliphatic heterocycles. The van der Waals surface area contributed by atoms with Gasteiger partial charge in [-0.25, -0.2) is 4.39 Å². The highest BCUT2D eigenvalue weighted by Crippen LogP contribution is 2.08. The lowest BCUT2D eigenvalue weighted by atomic mass is 10.4. The molecule has 0 heterocycles. The van der Waals surface area contributed by atoms with Gasteiger partial charge in [0.15, 0.2) is 0 Å². The van der Waals surface area contributed by atoms with Gasteiger partial charge in [0.05, 0.1) is 0 Å². The molecule has 5 heteroatoms. The molecule has 0 amide bonds. The van der Waals surface area contributed by atoms with Gasteiger partial charge in [0.1, 0.15) is 11.1 Å². The monoisotopic (exact) mass is 154 g/mol. The highest BCUT2D eigenvalue weighted by atomic mass is 32.2. The molecule has 3 nitrogen and oxygen atoms in total. The van der Waals surface area contributed by atoms with Gasteiger partial charge < -0.3 is 0 Å². The van der Waals surface area contributed by atoms with E-state index in [1.807, 2.05) is 0 Å². The molecule has 0 aliphatic carbocycles. The predicted octanol–water partition coefficient (Wildman–Crippen LogP) is 0.746. The summed E-state index contributed by atoms with van der Waals surface area (Å²) in [5, 5.41) is -1.52. The summed E-state index contributed by atoms with van der Waals surface area (Å²) in [4.78, 5) is 0. The minimum Gasteiger partial charge on any atom is -0.285 e. The van der Waals surface area contributed by atoms with Crippen molar-refractivity contribution in [2.45, 2.75) is 12.2 Å². The van der Waals surface area contributed by atoms with Crippen LogP contribution in [0.2, 0.25) is 0 Å². The topological polar surface area (TPSA) is 54.4 Å². The highest BCUT2D eigenvalue weighted by molar-refractivity contribution is 7.86. The maximum atomic E-state index is 11.9. The zero-order valence-corrected chi connectivity index (χ0v) is 5.65. The number of rotatable bonds is 2. The molecule has 54 valence electrons. The summed E-state index contributed by atoms with van der Waals surface area (Å²) >= 11 is 0. The van der Waals surface area contributed by atoms with Gasteiger partial charge in [0.25, 0.3) is 10.1 Å². The Balaban J connectivity index is 4.43. The minimum atomic E-state index is -4.28. The van der Waals surface area contributed by atoms with Crippen LogP contribution in [0.1, 0.15) is 6.92 Å². The standard InChI is InChI=1S/C4H7FO3S/c1-3(5)4(2)9(6,7)8/h4H,1H2,2H3,(H,6,7,8). The van der Waals surface area contributed by atoms with E-state index in [4.69, 9.17) is 4.55 Å². The first kappa shape index (κ1) is 8.58. The molecular formula is C4H7FO3S. The average molecular weight is 154 g/mol. The van der Waals surface area contributed by atoms with Crippen molar-refractivity contribution in [1.82, 2.24) is 0 Å². The van der Waals surface area contributed by atoms with Crippen molar-refractivity contribution in [3.63, 3.8) is 0 Å². The fourth-order valence-corrected chi connectivity index (χ4v) is 0.485. The zero-order chi connectivity index (χ0) is 7.65. The van der Waals surface area contributed by atoms with Crippen LogP contribution in [0.5, 0.6) is 0 Å². The third kappa shape index (κ3) is 2.57. The number of hydrogen-bond donors (Lipinski definition) is 1. The fourth-order valence-electron chi connectivity index (χ4n) is 0.162. The second-order valence-electron chi connectivity index (χ2n) is 1.60. The molecule has 9 heavy (non-hydrogen) atoms. The average Bonchev–Trinajstić information content (AvgIpc) is 1.62. The molecule has 0 fully saturated rings. The van der Waals surface area contributed by atoms with E-state index in [0.29, 0.717) is 0 Å². The van der Waals surface area contributed by atoms with E-state index < -0.39 is 21.2 Å². The Morgan fingerprint density at radius 2 is 2.11 bits per heavy atom. The van der Waals surface area contributed by atoms with E-state index in [0.717, 1.165) is 6.92 Å². The van der Waals surface area contributed by atoms with Crippen LogP contribution in [-0.2, 0) is 10.1 Å². The summed E-state index contributed by atoms with van der Waals surface area (Å²) in [6, 6.07) is 0. The Labute approximate surface area is 52.9 Å². The first-order valence-corrected chi connectivity index (χ1v) is 3.66. The van der Waals surface area contributed by atoms with Gasteiger partial charge in [-0.2, -0.15) is 8.42 Å². The van der Waals surface area contributed by atoms with Crippen molar-refractivity contribution < 1.29 is 17.4 Å². The molecule has 0 aromatic heterocycles. The fraction of sp³-hybridized carbons (Fsp3) is 0.500. The summed E-state index contributed by atoms with van der Waals surface area (Å²) in [6.45, 7) is 3.73. The molecule has 0 bridgehead atoms. The normalized spacial score (nSPS) is 15.0. The number of halogens is 1. The van der Waals surface area contributed by atoms with Gasteiger partial charge >= 0.3 is 0 Å². The molecule has 0 aromatic rings. The zero-order valence-electron chi connectivity index (χ0n) is 4.83. The summed E-state index contributed by atoms with van der Waals surface area (Å²) in [5.41, 5.74) is 0. The molecule has 0 radical (unpaired) electrons. The van der Waals surface area contributed by atoms with E-state index in [2.05, 4.69) is 6.58 Å². The van der Waals surface area contributed by atoms with Crippen molar-refractivity contribution in [3.05, 3.63) is 12.4 Å². The first-order chi connectivity index (χ1) is 3.85. The Morgan fingerprint density at radius 3 is 2.11 bits per heavy atom. The molecule has 0 saturated carbocycles. The van der Waals surface area contributed by atoms with Crippen LogP contribution in [0, 0.1) is 0 Å². The van der Waals surface area contributed by atoms with Crippen LogP contribution in [0.25, 0.3) is 0 Å². The molecule has 0 rings (SSSR count). The Hall–Kier alpha value is -0.420. The van der Waals surface area contributed by atoms with Gasteiger partial charge in [-0.1, -0.05) is 6.58 Å². The van der Waals surface area contributed by atoms with Crippen molar-refractivity contribution >= 4 is 10.1 Å². The number of hydrogen-bond acceptors (Lipinski definition) is 2. The molecule has 0 spiro atoms. The highest BCUT2D eigenvalue weighted by Gasteiger charge is 2.19. The predicted molar refractivity (Wildman–Crippen MR) is 31.3 cm³/mol. The molecule has 1 unspecified atom stereocenters. The van der Waals surface area contributed by atoms with Gasteiger partial charge in [0, 0.05) is 0 Å². The van der Waals surface area contributed by atoms with E-state index in [1.165, 1.54) is 0 Å². The largest absolute Gasteiger partial charge is 0.285 e. The minimum absolute atomic E-state index is 1.01. The van der Waals surface area contributed by atoms with E-state index in [9.17, 15) is 12.8 Å². The van der Waals surface area contributed by atoms with E-state index in [-0.39, 0.29) is 0 Å². The van der Waals surface area contributed by atoms with E-state index >= 15 is 0 Å². The van der Waals surface area contributed by atoms with Crippen molar-refractivity contribution in [1.29, 1.82) is 0 Å². The van der Waals surface area contributed by atoms with Gasteiger partial charge in [0.2, 0.25) is 0 Å². The molecular weight excluding hydrogens is 147 g/mol. The second kappa shape index (κ2) is 2.45. The molecule has 1 N–H and O–H groups in total. The van der Waals surface area contributed by atoms with Crippen LogP contribution < -0.4 is 0 Å². The molecule has 0 saturated heterocycles. The SMILES string of the molecule is C=C(F)C(C)S(=O)(=O)O. The quantitative estimate of drug-likeness (QED) is 0.597. The third-order valence-electron chi connectivity index (χ3n) is 0.888. The smallest absolute Gasteiger partial charge is 0.274 e. The first-order valence-electron chi connectivity index (χ1n) is 2.16. The maximum absolute atomic E-state index is 11.9. The maximum Gasteiger partial charge on any atom is 0.274 e. The molecule has 1 atom stereocenters. The summed E-state index contributed by atoms with van der Waals surface area (Å²) in [7, 11) is -4.28. The van der Waals surface area contributed by atoms with Crippen LogP contribution in [-0.4, -0.2) is 18.2 Å². The van der Waals surface area contributed by atoms with Gasteiger partial charge in [-0.05, 0) is 6.92 Å². The Kier molecular flexibility index (Phi) is 2.33.